The summed E-state index contributed by atoms with van der Waals surface area (Å²) in [5.74, 6) is -0.212. The molecule has 3 aromatic rings. The molecular weight excluding hydrogens is 366 g/mol. The minimum Gasteiger partial charge on any atom is -0.457 e. The molecular formula is C24H21NO4. The fraction of sp³-hybridized carbons (Fsp3) is 0.167. The maximum absolute atomic E-state index is 13.1. The van der Waals surface area contributed by atoms with Crippen molar-refractivity contribution in [2.45, 2.75) is 25.5 Å². The van der Waals surface area contributed by atoms with Crippen molar-refractivity contribution in [3.63, 3.8) is 0 Å². The summed E-state index contributed by atoms with van der Waals surface area (Å²) in [6, 6.07) is 24.3. The molecule has 0 aliphatic carbocycles. The predicted molar refractivity (Wildman–Crippen MR) is 109 cm³/mol. The number of fused-ring (bicyclic) bond motifs is 2. The minimum absolute atomic E-state index is 0.337. The number of hydrogen-bond donors (Lipinski definition) is 1. The normalized spacial score (nSPS) is 13.4. The van der Waals surface area contributed by atoms with Crippen LogP contribution in [0.15, 0.2) is 78.9 Å². The Morgan fingerprint density at radius 2 is 1.45 bits per heavy atom. The van der Waals surface area contributed by atoms with Gasteiger partial charge in [-0.25, -0.2) is 0 Å². The maximum Gasteiger partial charge on any atom is 0.318 e. The average molecular weight is 387 g/mol. The lowest BCUT2D eigenvalue weighted by Crippen LogP contribution is -2.36. The SMILES string of the molecule is C[C@@H](OC(=O)C1c2ccccc2Oc2ccccc21)C(=O)NCc1ccccc1. The van der Waals surface area contributed by atoms with E-state index in [0.29, 0.717) is 18.0 Å². The van der Waals surface area contributed by atoms with Crippen molar-refractivity contribution in [2.24, 2.45) is 0 Å². The Kier molecular flexibility index (Phi) is 5.29. The van der Waals surface area contributed by atoms with Gasteiger partial charge in [0, 0.05) is 17.7 Å². The Labute approximate surface area is 169 Å². The Bertz CT molecular complexity index is 986. The molecule has 0 bridgehead atoms. The lowest BCUT2D eigenvalue weighted by Gasteiger charge is -2.27. The van der Waals surface area contributed by atoms with Crippen molar-refractivity contribution in [3.05, 3.63) is 95.6 Å². The highest BCUT2D eigenvalue weighted by Crippen LogP contribution is 2.44. The van der Waals surface area contributed by atoms with Gasteiger partial charge in [-0.3, -0.25) is 9.59 Å². The molecule has 1 N–H and O–H groups in total. The number of para-hydroxylation sites is 2. The van der Waals surface area contributed by atoms with Gasteiger partial charge in [-0.1, -0.05) is 66.7 Å². The molecule has 0 saturated heterocycles. The summed E-state index contributed by atoms with van der Waals surface area (Å²) in [4.78, 5) is 25.5. The molecule has 0 spiro atoms. The second kappa shape index (κ2) is 8.19. The van der Waals surface area contributed by atoms with Crippen molar-refractivity contribution in [2.75, 3.05) is 0 Å². The van der Waals surface area contributed by atoms with Gasteiger partial charge in [0.2, 0.25) is 0 Å². The second-order valence-electron chi connectivity index (χ2n) is 6.89. The molecule has 0 aromatic heterocycles. The van der Waals surface area contributed by atoms with Crippen molar-refractivity contribution in [3.8, 4) is 11.5 Å². The van der Waals surface area contributed by atoms with Crippen LogP contribution in [0.5, 0.6) is 11.5 Å². The Morgan fingerprint density at radius 3 is 2.07 bits per heavy atom. The first-order chi connectivity index (χ1) is 14.1. The lowest BCUT2D eigenvalue weighted by molar-refractivity contribution is -0.155. The molecule has 4 rings (SSSR count). The van der Waals surface area contributed by atoms with Crippen LogP contribution in [0.3, 0.4) is 0 Å². The van der Waals surface area contributed by atoms with Gasteiger partial charge >= 0.3 is 5.97 Å². The number of carbonyl (C=O) groups excluding carboxylic acids is 2. The van der Waals surface area contributed by atoms with E-state index >= 15 is 0 Å². The van der Waals surface area contributed by atoms with Gasteiger partial charge in [-0.2, -0.15) is 0 Å². The highest BCUT2D eigenvalue weighted by atomic mass is 16.5. The van der Waals surface area contributed by atoms with E-state index in [-0.39, 0.29) is 5.91 Å². The Hall–Kier alpha value is -3.60. The molecule has 0 saturated carbocycles. The third-order valence-electron chi connectivity index (χ3n) is 4.89. The summed E-state index contributed by atoms with van der Waals surface area (Å²) in [7, 11) is 0. The minimum atomic E-state index is -0.909. The van der Waals surface area contributed by atoms with Gasteiger partial charge in [-0.05, 0) is 24.6 Å². The third-order valence-corrected chi connectivity index (χ3v) is 4.89. The molecule has 0 radical (unpaired) electrons. The molecule has 5 nitrogen and oxygen atoms in total. The molecule has 1 atom stereocenters. The Morgan fingerprint density at radius 1 is 0.897 bits per heavy atom. The first kappa shape index (κ1) is 18.7. The van der Waals surface area contributed by atoms with Gasteiger partial charge in [-0.15, -0.1) is 0 Å². The first-order valence-corrected chi connectivity index (χ1v) is 9.51. The van der Waals surface area contributed by atoms with Crippen molar-refractivity contribution >= 4 is 11.9 Å². The van der Waals surface area contributed by atoms with Crippen LogP contribution in [-0.4, -0.2) is 18.0 Å². The standard InChI is InChI=1S/C24H21NO4/c1-16(23(26)25-15-17-9-3-2-4-10-17)28-24(27)22-18-11-5-7-13-20(18)29-21-14-8-6-12-19(21)22/h2-14,16,22H,15H2,1H3,(H,25,26)/t16-/m1/s1. The van der Waals surface area contributed by atoms with Crippen LogP contribution in [0.1, 0.15) is 29.5 Å². The molecule has 5 heteroatoms. The van der Waals surface area contributed by atoms with Gasteiger partial charge in [0.25, 0.3) is 5.91 Å². The van der Waals surface area contributed by atoms with E-state index in [4.69, 9.17) is 9.47 Å². The molecule has 146 valence electrons. The summed E-state index contributed by atoms with van der Waals surface area (Å²) < 4.78 is 11.5. The number of rotatable bonds is 5. The van der Waals surface area contributed by atoms with Crippen LogP contribution in [0, 0.1) is 0 Å². The average Bonchev–Trinajstić information content (AvgIpc) is 2.76. The number of carbonyl (C=O) groups is 2. The third kappa shape index (κ3) is 3.99. The summed E-state index contributed by atoms with van der Waals surface area (Å²) in [5, 5.41) is 2.80. The van der Waals surface area contributed by atoms with Crippen LogP contribution in [-0.2, 0) is 20.9 Å². The van der Waals surface area contributed by atoms with E-state index in [0.717, 1.165) is 16.7 Å². The summed E-state index contributed by atoms with van der Waals surface area (Å²) in [6.07, 6.45) is -0.909. The van der Waals surface area contributed by atoms with E-state index in [1.54, 1.807) is 6.92 Å². The van der Waals surface area contributed by atoms with Crippen LogP contribution in [0.25, 0.3) is 0 Å². The summed E-state index contributed by atoms with van der Waals surface area (Å²) >= 11 is 0. The number of benzene rings is 3. The molecule has 29 heavy (non-hydrogen) atoms. The highest BCUT2D eigenvalue weighted by Gasteiger charge is 2.35. The predicted octanol–water partition coefficient (Wildman–Crippen LogP) is 4.17. The number of esters is 1. The largest absolute Gasteiger partial charge is 0.457 e. The smallest absolute Gasteiger partial charge is 0.318 e. The zero-order valence-electron chi connectivity index (χ0n) is 16.0. The molecule has 3 aromatic carbocycles. The molecule has 1 amide bonds. The fourth-order valence-electron chi connectivity index (χ4n) is 3.39. The fourth-order valence-corrected chi connectivity index (χ4v) is 3.39. The summed E-state index contributed by atoms with van der Waals surface area (Å²) in [6.45, 7) is 1.96. The number of nitrogens with one attached hydrogen (secondary N) is 1. The quantitative estimate of drug-likeness (QED) is 0.668. The van der Waals surface area contributed by atoms with Crippen LogP contribution in [0.4, 0.5) is 0 Å². The maximum atomic E-state index is 13.1. The van der Waals surface area contributed by atoms with Crippen LogP contribution in [0.2, 0.25) is 0 Å². The van der Waals surface area contributed by atoms with E-state index < -0.39 is 18.0 Å². The van der Waals surface area contributed by atoms with Gasteiger partial charge < -0.3 is 14.8 Å². The zero-order chi connectivity index (χ0) is 20.2. The van der Waals surface area contributed by atoms with Gasteiger partial charge in [0.15, 0.2) is 6.10 Å². The van der Waals surface area contributed by atoms with Crippen LogP contribution < -0.4 is 10.1 Å². The topological polar surface area (TPSA) is 64.6 Å². The van der Waals surface area contributed by atoms with Gasteiger partial charge in [0.1, 0.15) is 17.4 Å². The van der Waals surface area contributed by atoms with Crippen LogP contribution >= 0.6 is 0 Å². The second-order valence-corrected chi connectivity index (χ2v) is 6.89. The monoisotopic (exact) mass is 387 g/mol. The van der Waals surface area contributed by atoms with E-state index in [1.165, 1.54) is 0 Å². The molecule has 1 heterocycles. The highest BCUT2D eigenvalue weighted by molar-refractivity contribution is 5.89. The zero-order valence-corrected chi connectivity index (χ0v) is 16.0. The number of ether oxygens (including phenoxy) is 2. The van der Waals surface area contributed by atoms with Gasteiger partial charge in [0.05, 0.1) is 0 Å². The van der Waals surface area contributed by atoms with E-state index in [2.05, 4.69) is 5.32 Å². The Balaban J connectivity index is 1.49. The first-order valence-electron chi connectivity index (χ1n) is 9.51. The molecule has 1 aliphatic rings. The van der Waals surface area contributed by atoms with E-state index in [1.807, 2.05) is 78.9 Å². The lowest BCUT2D eigenvalue weighted by atomic mass is 9.88. The van der Waals surface area contributed by atoms with E-state index in [9.17, 15) is 9.59 Å². The molecule has 0 unspecified atom stereocenters. The van der Waals surface area contributed by atoms with Crippen molar-refractivity contribution < 1.29 is 19.1 Å². The number of amides is 1. The summed E-state index contributed by atoms with van der Waals surface area (Å²) in [5.41, 5.74) is 2.44. The molecule has 1 aliphatic heterocycles. The molecule has 0 fully saturated rings. The van der Waals surface area contributed by atoms with Crippen molar-refractivity contribution in [1.29, 1.82) is 0 Å². The number of hydrogen-bond acceptors (Lipinski definition) is 4. The van der Waals surface area contributed by atoms with Crippen molar-refractivity contribution in [1.82, 2.24) is 5.32 Å².